The van der Waals surface area contributed by atoms with Crippen molar-refractivity contribution in [1.82, 2.24) is 9.71 Å². The summed E-state index contributed by atoms with van der Waals surface area (Å²) in [5.41, 5.74) is 0.773. The molecule has 116 valence electrons. The first-order valence-corrected chi connectivity index (χ1v) is 8.35. The monoisotopic (exact) mass is 340 g/mol. The fourth-order valence-electron chi connectivity index (χ4n) is 2.07. The van der Waals surface area contributed by atoms with Crippen LogP contribution in [0.2, 0.25) is 5.15 Å². The lowest BCUT2D eigenvalue weighted by Gasteiger charge is -2.15. The van der Waals surface area contributed by atoms with Crippen LogP contribution in [0.15, 0.2) is 41.4 Å². The van der Waals surface area contributed by atoms with Crippen LogP contribution in [0.5, 0.6) is 11.5 Å². The van der Waals surface area contributed by atoms with Crippen molar-refractivity contribution in [1.29, 1.82) is 0 Å². The largest absolute Gasteiger partial charge is 0.454 e. The van der Waals surface area contributed by atoms with Crippen LogP contribution in [0, 0.1) is 0 Å². The van der Waals surface area contributed by atoms with E-state index >= 15 is 0 Å². The Hall–Kier alpha value is -1.83. The predicted molar refractivity (Wildman–Crippen MR) is 80.5 cm³/mol. The number of aromatic nitrogens is 1. The molecule has 1 unspecified atom stereocenters. The van der Waals surface area contributed by atoms with E-state index in [9.17, 15) is 8.42 Å². The number of fused-ring (bicyclic) bond motifs is 1. The molecule has 8 heteroatoms. The molecular weight excluding hydrogens is 328 g/mol. The van der Waals surface area contributed by atoms with Gasteiger partial charge < -0.3 is 9.47 Å². The minimum Gasteiger partial charge on any atom is -0.454 e. The average molecular weight is 341 g/mol. The number of rotatable bonds is 4. The van der Waals surface area contributed by atoms with Gasteiger partial charge in [-0.2, -0.15) is 0 Å². The zero-order valence-corrected chi connectivity index (χ0v) is 13.2. The van der Waals surface area contributed by atoms with E-state index in [-0.39, 0.29) is 16.8 Å². The van der Waals surface area contributed by atoms with Crippen molar-refractivity contribution in [2.24, 2.45) is 0 Å². The Kier molecular flexibility index (Phi) is 3.94. The summed E-state index contributed by atoms with van der Waals surface area (Å²) in [6, 6.07) is 7.71. The SMILES string of the molecule is CC(NS(=O)(=O)c1ccc(Cl)nc1)c1ccc2c(c1)OCO2. The van der Waals surface area contributed by atoms with Crippen molar-refractivity contribution < 1.29 is 17.9 Å². The average Bonchev–Trinajstić information content (AvgIpc) is 2.94. The second-order valence-corrected chi connectivity index (χ2v) is 6.87. The van der Waals surface area contributed by atoms with E-state index in [0.717, 1.165) is 5.56 Å². The summed E-state index contributed by atoms with van der Waals surface area (Å²) in [6.07, 6.45) is 1.22. The second kappa shape index (κ2) is 5.75. The van der Waals surface area contributed by atoms with Gasteiger partial charge in [0.1, 0.15) is 10.0 Å². The molecule has 0 amide bonds. The maximum atomic E-state index is 12.3. The summed E-state index contributed by atoms with van der Waals surface area (Å²) < 4.78 is 37.7. The lowest BCUT2D eigenvalue weighted by Crippen LogP contribution is -2.27. The highest BCUT2D eigenvalue weighted by Gasteiger charge is 2.21. The van der Waals surface area contributed by atoms with Gasteiger partial charge in [0, 0.05) is 12.2 Å². The molecule has 0 radical (unpaired) electrons. The molecule has 1 aliphatic heterocycles. The molecule has 3 rings (SSSR count). The topological polar surface area (TPSA) is 77.5 Å². The van der Waals surface area contributed by atoms with E-state index in [2.05, 4.69) is 9.71 Å². The summed E-state index contributed by atoms with van der Waals surface area (Å²) in [5.74, 6) is 1.26. The van der Waals surface area contributed by atoms with E-state index in [0.29, 0.717) is 11.5 Å². The van der Waals surface area contributed by atoms with Crippen molar-refractivity contribution in [3.05, 3.63) is 47.2 Å². The Morgan fingerprint density at radius 2 is 2.00 bits per heavy atom. The molecule has 1 atom stereocenters. The van der Waals surface area contributed by atoms with E-state index in [1.807, 2.05) is 0 Å². The number of pyridine rings is 1. The standard InChI is InChI=1S/C14H13ClN2O4S/c1-9(10-2-4-12-13(6-10)21-8-20-12)17-22(18,19)11-3-5-14(15)16-7-11/h2-7,9,17H,8H2,1H3. The van der Waals surface area contributed by atoms with Crippen LogP contribution in [-0.2, 0) is 10.0 Å². The Morgan fingerprint density at radius 3 is 2.73 bits per heavy atom. The number of hydrogen-bond donors (Lipinski definition) is 1. The van der Waals surface area contributed by atoms with E-state index in [1.165, 1.54) is 18.3 Å². The molecule has 2 heterocycles. The first-order valence-electron chi connectivity index (χ1n) is 6.49. The van der Waals surface area contributed by atoms with Crippen LogP contribution >= 0.6 is 11.6 Å². The van der Waals surface area contributed by atoms with Gasteiger partial charge in [0.15, 0.2) is 11.5 Å². The molecule has 6 nitrogen and oxygen atoms in total. The van der Waals surface area contributed by atoms with Gasteiger partial charge in [-0.05, 0) is 36.8 Å². The minimum absolute atomic E-state index is 0.0597. The first kappa shape index (κ1) is 15.1. The third-order valence-electron chi connectivity index (χ3n) is 3.24. The Bertz CT molecular complexity index is 793. The van der Waals surface area contributed by atoms with Crippen LogP contribution in [0.25, 0.3) is 0 Å². The number of sulfonamides is 1. The molecule has 2 aromatic rings. The lowest BCUT2D eigenvalue weighted by atomic mass is 10.1. The van der Waals surface area contributed by atoms with Gasteiger partial charge in [-0.25, -0.2) is 18.1 Å². The molecule has 0 spiro atoms. The van der Waals surface area contributed by atoms with Gasteiger partial charge in [0.25, 0.3) is 0 Å². The zero-order chi connectivity index (χ0) is 15.7. The molecule has 1 aliphatic rings. The summed E-state index contributed by atoms with van der Waals surface area (Å²) in [7, 11) is -3.68. The van der Waals surface area contributed by atoms with Gasteiger partial charge in [-0.15, -0.1) is 0 Å². The minimum atomic E-state index is -3.68. The lowest BCUT2D eigenvalue weighted by molar-refractivity contribution is 0.174. The van der Waals surface area contributed by atoms with Crippen molar-refractivity contribution in [2.45, 2.75) is 17.9 Å². The van der Waals surface area contributed by atoms with E-state index in [1.54, 1.807) is 25.1 Å². The summed E-state index contributed by atoms with van der Waals surface area (Å²) in [5, 5.41) is 0.239. The van der Waals surface area contributed by atoms with Crippen molar-refractivity contribution >= 4 is 21.6 Å². The fraction of sp³-hybridized carbons (Fsp3) is 0.214. The smallest absolute Gasteiger partial charge is 0.242 e. The molecule has 1 aromatic heterocycles. The molecule has 0 saturated heterocycles. The number of hydrogen-bond acceptors (Lipinski definition) is 5. The normalized spacial score (nSPS) is 14.8. The Labute approximate surface area is 133 Å². The van der Waals surface area contributed by atoms with Crippen LogP contribution in [0.3, 0.4) is 0 Å². The van der Waals surface area contributed by atoms with Crippen molar-refractivity contribution in [3.63, 3.8) is 0 Å². The van der Waals surface area contributed by atoms with E-state index in [4.69, 9.17) is 21.1 Å². The number of nitrogens with zero attached hydrogens (tertiary/aromatic N) is 1. The summed E-state index contributed by atoms with van der Waals surface area (Å²) >= 11 is 5.67. The van der Waals surface area contributed by atoms with Gasteiger partial charge >= 0.3 is 0 Å². The summed E-state index contributed by atoms with van der Waals surface area (Å²) in [4.78, 5) is 3.84. The second-order valence-electron chi connectivity index (χ2n) is 4.77. The van der Waals surface area contributed by atoms with Crippen molar-refractivity contribution in [2.75, 3.05) is 6.79 Å². The molecule has 0 bridgehead atoms. The van der Waals surface area contributed by atoms with Crippen LogP contribution < -0.4 is 14.2 Å². The third-order valence-corrected chi connectivity index (χ3v) is 4.99. The van der Waals surface area contributed by atoms with Crippen LogP contribution in [0.4, 0.5) is 0 Å². The highest BCUT2D eigenvalue weighted by molar-refractivity contribution is 7.89. The van der Waals surface area contributed by atoms with E-state index < -0.39 is 16.1 Å². The highest BCUT2D eigenvalue weighted by atomic mass is 35.5. The highest BCUT2D eigenvalue weighted by Crippen LogP contribution is 2.34. The first-order chi connectivity index (χ1) is 10.5. The third kappa shape index (κ3) is 3.01. The maximum absolute atomic E-state index is 12.3. The fourth-order valence-corrected chi connectivity index (χ4v) is 3.36. The molecular formula is C14H13ClN2O4S. The maximum Gasteiger partial charge on any atom is 0.242 e. The van der Waals surface area contributed by atoms with Gasteiger partial charge in [-0.3, -0.25) is 0 Å². The predicted octanol–water partition coefficient (Wildman–Crippen LogP) is 2.50. The molecule has 0 fully saturated rings. The number of nitrogens with one attached hydrogen (secondary N) is 1. The summed E-state index contributed by atoms with van der Waals surface area (Å²) in [6.45, 7) is 1.92. The molecule has 1 N–H and O–H groups in total. The van der Waals surface area contributed by atoms with Gasteiger partial charge in [0.2, 0.25) is 16.8 Å². The van der Waals surface area contributed by atoms with Crippen LogP contribution in [-0.4, -0.2) is 20.2 Å². The van der Waals surface area contributed by atoms with Gasteiger partial charge in [0.05, 0.1) is 0 Å². The Balaban J connectivity index is 1.81. The molecule has 0 saturated carbocycles. The number of halogens is 1. The van der Waals surface area contributed by atoms with Gasteiger partial charge in [-0.1, -0.05) is 17.7 Å². The Morgan fingerprint density at radius 1 is 1.23 bits per heavy atom. The number of ether oxygens (including phenoxy) is 2. The zero-order valence-electron chi connectivity index (χ0n) is 11.6. The van der Waals surface area contributed by atoms with Crippen LogP contribution in [0.1, 0.15) is 18.5 Å². The van der Waals surface area contributed by atoms with Crippen molar-refractivity contribution in [3.8, 4) is 11.5 Å². The quantitative estimate of drug-likeness (QED) is 0.865. The number of benzene rings is 1. The molecule has 0 aliphatic carbocycles. The molecule has 1 aromatic carbocycles. The molecule has 22 heavy (non-hydrogen) atoms.